The molecule has 2 heterocycles. The molecule has 28 heavy (non-hydrogen) atoms. The van der Waals surface area contributed by atoms with Crippen molar-refractivity contribution in [3.8, 4) is 22.4 Å². The number of carbonyl (C=O) groups is 1. The zero-order chi connectivity index (χ0) is 19.2. The third-order valence-corrected chi connectivity index (χ3v) is 5.88. The lowest BCUT2D eigenvalue weighted by molar-refractivity contribution is -0.129. The Bertz CT molecular complexity index is 905. The van der Waals surface area contributed by atoms with Crippen LogP contribution in [-0.2, 0) is 4.79 Å². The van der Waals surface area contributed by atoms with Crippen LogP contribution in [-0.4, -0.2) is 39.8 Å². The Morgan fingerprint density at radius 2 is 1.46 bits per heavy atom. The van der Waals surface area contributed by atoms with Gasteiger partial charge in [-0.05, 0) is 42.5 Å². The summed E-state index contributed by atoms with van der Waals surface area (Å²) in [6.45, 7) is 1.78. The highest BCUT2D eigenvalue weighted by atomic mass is 32.2. The van der Waals surface area contributed by atoms with Gasteiger partial charge in [0.25, 0.3) is 0 Å². The number of nitrogens with zero attached hydrogens (tertiary/aromatic N) is 3. The molecule has 0 saturated carbocycles. The zero-order valence-electron chi connectivity index (χ0n) is 15.8. The molecule has 0 bridgehead atoms. The van der Waals surface area contributed by atoms with Crippen LogP contribution in [0.2, 0.25) is 0 Å². The molecule has 1 saturated heterocycles. The third kappa shape index (κ3) is 4.60. The maximum atomic E-state index is 12.3. The lowest BCUT2D eigenvalue weighted by Crippen LogP contribution is -2.36. The van der Waals surface area contributed by atoms with Gasteiger partial charge in [-0.25, -0.2) is 0 Å². The van der Waals surface area contributed by atoms with Crippen LogP contribution in [0.3, 0.4) is 0 Å². The number of aromatic nitrogens is 2. The van der Waals surface area contributed by atoms with Gasteiger partial charge in [-0.3, -0.25) is 4.79 Å². The molecule has 1 aliphatic heterocycles. The summed E-state index contributed by atoms with van der Waals surface area (Å²) in [6.07, 6.45) is 3.47. The summed E-state index contributed by atoms with van der Waals surface area (Å²) in [4.78, 5) is 14.2. The summed E-state index contributed by atoms with van der Waals surface area (Å²) in [6, 6.07) is 22.6. The van der Waals surface area contributed by atoms with E-state index in [0.717, 1.165) is 42.2 Å². The van der Waals surface area contributed by atoms with E-state index in [2.05, 4.69) is 46.6 Å². The molecule has 3 aromatic rings. The molecule has 4 rings (SSSR count). The van der Waals surface area contributed by atoms with Crippen molar-refractivity contribution in [2.24, 2.45) is 0 Å². The van der Waals surface area contributed by atoms with Gasteiger partial charge in [0.1, 0.15) is 5.03 Å². The molecule has 2 aromatic carbocycles. The Labute approximate surface area is 170 Å². The number of piperidine rings is 1. The summed E-state index contributed by atoms with van der Waals surface area (Å²) in [7, 11) is 0. The van der Waals surface area contributed by atoms with Crippen LogP contribution >= 0.6 is 11.8 Å². The maximum Gasteiger partial charge on any atom is 0.232 e. The van der Waals surface area contributed by atoms with Gasteiger partial charge in [0.05, 0.1) is 11.4 Å². The van der Waals surface area contributed by atoms with Gasteiger partial charge in [-0.15, -0.1) is 10.2 Å². The molecule has 5 heteroatoms. The average molecular weight is 390 g/mol. The van der Waals surface area contributed by atoms with Gasteiger partial charge in [0.2, 0.25) is 5.91 Å². The van der Waals surface area contributed by atoms with Crippen molar-refractivity contribution in [2.75, 3.05) is 18.8 Å². The van der Waals surface area contributed by atoms with E-state index >= 15 is 0 Å². The van der Waals surface area contributed by atoms with E-state index in [9.17, 15) is 4.79 Å². The monoisotopic (exact) mass is 389 g/mol. The largest absolute Gasteiger partial charge is 0.342 e. The number of benzene rings is 2. The van der Waals surface area contributed by atoms with Crippen molar-refractivity contribution in [1.29, 1.82) is 0 Å². The van der Waals surface area contributed by atoms with E-state index in [4.69, 9.17) is 0 Å². The van der Waals surface area contributed by atoms with Gasteiger partial charge in [0, 0.05) is 18.7 Å². The molecule has 1 aliphatic rings. The molecule has 0 N–H and O–H groups in total. The number of likely N-dealkylation sites (tertiary alicyclic amines) is 1. The van der Waals surface area contributed by atoms with Gasteiger partial charge in [0.15, 0.2) is 0 Å². The number of carbonyl (C=O) groups excluding carboxylic acids is 1. The molecular weight excluding hydrogens is 366 g/mol. The fourth-order valence-corrected chi connectivity index (χ4v) is 4.10. The minimum Gasteiger partial charge on any atom is -0.342 e. The zero-order valence-corrected chi connectivity index (χ0v) is 16.6. The second kappa shape index (κ2) is 9.02. The first kappa shape index (κ1) is 18.7. The number of amides is 1. The highest BCUT2D eigenvalue weighted by Crippen LogP contribution is 2.24. The number of rotatable bonds is 5. The Morgan fingerprint density at radius 3 is 2.14 bits per heavy atom. The Kier molecular flexibility index (Phi) is 6.02. The molecule has 1 aromatic heterocycles. The number of hydrogen-bond acceptors (Lipinski definition) is 4. The van der Waals surface area contributed by atoms with Crippen molar-refractivity contribution in [1.82, 2.24) is 15.1 Å². The second-order valence-corrected chi connectivity index (χ2v) is 7.93. The summed E-state index contributed by atoms with van der Waals surface area (Å²) < 4.78 is 0. The predicted molar refractivity (Wildman–Crippen MR) is 114 cm³/mol. The fraction of sp³-hybridized carbons (Fsp3) is 0.261. The highest BCUT2D eigenvalue weighted by molar-refractivity contribution is 7.99. The van der Waals surface area contributed by atoms with Gasteiger partial charge < -0.3 is 4.90 Å². The van der Waals surface area contributed by atoms with Crippen LogP contribution in [0.25, 0.3) is 22.4 Å². The van der Waals surface area contributed by atoms with Gasteiger partial charge >= 0.3 is 0 Å². The Balaban J connectivity index is 1.37. The van der Waals surface area contributed by atoms with Crippen LogP contribution in [0.5, 0.6) is 0 Å². The predicted octanol–water partition coefficient (Wildman–Crippen LogP) is 4.92. The molecular formula is C23H23N3OS. The van der Waals surface area contributed by atoms with E-state index in [1.54, 1.807) is 0 Å². The number of hydrogen-bond donors (Lipinski definition) is 0. The van der Waals surface area contributed by atoms with Crippen molar-refractivity contribution in [2.45, 2.75) is 24.3 Å². The molecule has 0 spiro atoms. The molecule has 1 amide bonds. The quantitative estimate of drug-likeness (QED) is 0.581. The Hall–Kier alpha value is -2.66. The van der Waals surface area contributed by atoms with Crippen molar-refractivity contribution in [3.63, 3.8) is 0 Å². The minimum absolute atomic E-state index is 0.201. The lowest BCUT2D eigenvalue weighted by Gasteiger charge is -2.26. The molecule has 0 unspecified atom stereocenters. The Morgan fingerprint density at radius 1 is 0.786 bits per heavy atom. The van der Waals surface area contributed by atoms with Crippen molar-refractivity contribution < 1.29 is 4.79 Å². The topological polar surface area (TPSA) is 46.1 Å². The number of thioether (sulfide) groups is 1. The smallest absolute Gasteiger partial charge is 0.232 e. The molecule has 142 valence electrons. The second-order valence-electron chi connectivity index (χ2n) is 6.93. The third-order valence-electron chi connectivity index (χ3n) is 4.98. The normalized spacial score (nSPS) is 14.1. The minimum atomic E-state index is 0.201. The van der Waals surface area contributed by atoms with E-state index in [1.807, 2.05) is 35.2 Å². The molecule has 0 atom stereocenters. The highest BCUT2D eigenvalue weighted by Gasteiger charge is 2.16. The van der Waals surface area contributed by atoms with Crippen LogP contribution in [0.4, 0.5) is 0 Å². The summed E-state index contributed by atoms with van der Waals surface area (Å²) in [5, 5.41) is 9.43. The first-order valence-electron chi connectivity index (χ1n) is 9.70. The molecule has 1 fully saturated rings. The fourth-order valence-electron chi connectivity index (χ4n) is 3.39. The van der Waals surface area contributed by atoms with Crippen molar-refractivity contribution in [3.05, 3.63) is 66.7 Å². The molecule has 0 radical (unpaired) electrons. The van der Waals surface area contributed by atoms with Gasteiger partial charge in [-0.1, -0.05) is 66.4 Å². The molecule has 4 nitrogen and oxygen atoms in total. The summed E-state index contributed by atoms with van der Waals surface area (Å²) in [5.74, 6) is 0.631. The van der Waals surface area contributed by atoms with Crippen LogP contribution in [0, 0.1) is 0 Å². The lowest BCUT2D eigenvalue weighted by atomic mass is 10.0. The van der Waals surface area contributed by atoms with Gasteiger partial charge in [-0.2, -0.15) is 0 Å². The molecule has 0 aliphatic carbocycles. The first-order valence-corrected chi connectivity index (χ1v) is 10.7. The standard InChI is InChI=1S/C23H23N3OS/c27-23(26-15-5-2-6-16-26)17-28-22-14-13-21(24-25-22)20-11-9-19(10-12-20)18-7-3-1-4-8-18/h1,3-4,7-14H,2,5-6,15-17H2. The maximum absolute atomic E-state index is 12.3. The van der Waals surface area contributed by atoms with Crippen LogP contribution < -0.4 is 0 Å². The van der Waals surface area contributed by atoms with E-state index in [0.29, 0.717) is 5.75 Å². The average Bonchev–Trinajstić information content (AvgIpc) is 2.79. The summed E-state index contributed by atoms with van der Waals surface area (Å²) >= 11 is 1.46. The first-order chi connectivity index (χ1) is 13.8. The summed E-state index contributed by atoms with van der Waals surface area (Å²) in [5.41, 5.74) is 4.26. The SMILES string of the molecule is O=C(CSc1ccc(-c2ccc(-c3ccccc3)cc2)nn1)N1CCCCC1. The van der Waals surface area contributed by atoms with Crippen LogP contribution in [0.1, 0.15) is 19.3 Å². The van der Waals surface area contributed by atoms with E-state index in [-0.39, 0.29) is 5.91 Å². The van der Waals surface area contributed by atoms with E-state index < -0.39 is 0 Å². The van der Waals surface area contributed by atoms with Crippen molar-refractivity contribution >= 4 is 17.7 Å². The van der Waals surface area contributed by atoms with E-state index in [1.165, 1.54) is 29.3 Å². The van der Waals surface area contributed by atoms with Crippen LogP contribution in [0.15, 0.2) is 71.8 Å².